The number of aliphatic hydroxyl groups is 1. The maximum Gasteiger partial charge on any atom is 0.181 e. The normalized spacial score (nSPS) is 37.1. The SMILES string of the molecule is CO[C@H]1O[C@](C)([C@@H](O)C2=CCC3(CC2)OCCCO3)CCC12SCCCS2. The van der Waals surface area contributed by atoms with Crippen molar-refractivity contribution in [3.63, 3.8) is 0 Å². The fourth-order valence-electron chi connectivity index (χ4n) is 4.58. The summed E-state index contributed by atoms with van der Waals surface area (Å²) in [6.45, 7) is 3.56. The van der Waals surface area contributed by atoms with Crippen LogP contribution in [0.25, 0.3) is 0 Å². The van der Waals surface area contributed by atoms with Crippen LogP contribution in [0.2, 0.25) is 0 Å². The Bertz CT molecular complexity index is 557. The van der Waals surface area contributed by atoms with Gasteiger partial charge in [0.25, 0.3) is 0 Å². The highest BCUT2D eigenvalue weighted by molar-refractivity contribution is 8.18. The van der Waals surface area contributed by atoms with E-state index in [0.717, 1.165) is 62.4 Å². The van der Waals surface area contributed by atoms with E-state index in [2.05, 4.69) is 6.08 Å². The van der Waals surface area contributed by atoms with Crippen molar-refractivity contribution >= 4 is 23.5 Å². The molecule has 3 fully saturated rings. The molecule has 1 aliphatic carbocycles. The molecule has 3 atom stereocenters. The molecule has 0 aromatic heterocycles. The molecule has 0 aromatic rings. The zero-order chi connectivity index (χ0) is 19.0. The van der Waals surface area contributed by atoms with Crippen LogP contribution in [0, 0.1) is 0 Å². The molecule has 3 aliphatic heterocycles. The van der Waals surface area contributed by atoms with Crippen molar-refractivity contribution in [2.75, 3.05) is 31.8 Å². The van der Waals surface area contributed by atoms with E-state index in [9.17, 15) is 5.11 Å². The minimum atomic E-state index is -0.618. The number of ether oxygens (including phenoxy) is 4. The van der Waals surface area contributed by atoms with Crippen molar-refractivity contribution in [1.29, 1.82) is 0 Å². The van der Waals surface area contributed by atoms with E-state index in [1.807, 2.05) is 30.4 Å². The molecule has 0 saturated carbocycles. The second-order valence-corrected chi connectivity index (χ2v) is 11.3. The molecule has 1 N–H and O–H groups in total. The van der Waals surface area contributed by atoms with Crippen LogP contribution in [0.5, 0.6) is 0 Å². The smallest absolute Gasteiger partial charge is 0.181 e. The van der Waals surface area contributed by atoms with Gasteiger partial charge in [0, 0.05) is 20.0 Å². The Hall–Kier alpha value is 0.240. The second kappa shape index (κ2) is 8.17. The lowest BCUT2D eigenvalue weighted by Crippen LogP contribution is -2.57. The minimum Gasteiger partial charge on any atom is -0.386 e. The number of hydrogen-bond acceptors (Lipinski definition) is 7. The van der Waals surface area contributed by atoms with Crippen LogP contribution in [0.3, 0.4) is 0 Å². The van der Waals surface area contributed by atoms with Gasteiger partial charge in [0.1, 0.15) is 10.2 Å². The summed E-state index contributed by atoms with van der Waals surface area (Å²) in [5.74, 6) is 1.84. The molecule has 27 heavy (non-hydrogen) atoms. The summed E-state index contributed by atoms with van der Waals surface area (Å²) in [6.07, 6.45) is 7.54. The second-order valence-electron chi connectivity index (χ2n) is 8.21. The number of methoxy groups -OCH3 is 1. The molecule has 4 aliphatic rings. The van der Waals surface area contributed by atoms with Gasteiger partial charge in [0.05, 0.1) is 18.8 Å². The fraction of sp³-hybridized carbons (Fsp3) is 0.900. The standard InChI is InChI=1S/C20H32O5S2/c1-18(9-10-20(17(22-2)25-18)26-13-4-14-27-20)16(21)15-5-7-19(8-6-15)23-11-3-12-24-19/h5,16-17,21H,3-4,6-14H2,1-2H3/t16-,17-,18-/m0/s1. The number of aliphatic hydroxyl groups excluding tert-OH is 1. The lowest BCUT2D eigenvalue weighted by atomic mass is 9.80. The lowest BCUT2D eigenvalue weighted by Gasteiger charge is -2.52. The maximum absolute atomic E-state index is 11.2. The molecule has 0 radical (unpaired) electrons. The van der Waals surface area contributed by atoms with Gasteiger partial charge in [-0.15, -0.1) is 23.5 Å². The predicted molar refractivity (Wildman–Crippen MR) is 109 cm³/mol. The van der Waals surface area contributed by atoms with Crippen LogP contribution in [0.4, 0.5) is 0 Å². The van der Waals surface area contributed by atoms with Gasteiger partial charge in [-0.3, -0.25) is 0 Å². The van der Waals surface area contributed by atoms with Gasteiger partial charge in [-0.2, -0.15) is 0 Å². The monoisotopic (exact) mass is 416 g/mol. The molecule has 0 bridgehead atoms. The largest absolute Gasteiger partial charge is 0.386 e. The first-order valence-electron chi connectivity index (χ1n) is 10.1. The zero-order valence-electron chi connectivity index (χ0n) is 16.4. The summed E-state index contributed by atoms with van der Waals surface area (Å²) in [4.78, 5) is 0. The zero-order valence-corrected chi connectivity index (χ0v) is 18.0. The first kappa shape index (κ1) is 20.5. The fourth-order valence-corrected chi connectivity index (χ4v) is 7.92. The summed E-state index contributed by atoms with van der Waals surface area (Å²) in [5.41, 5.74) is 0.436. The molecule has 4 rings (SSSR count). The molecule has 0 unspecified atom stereocenters. The molecule has 3 saturated heterocycles. The van der Waals surface area contributed by atoms with Crippen molar-refractivity contribution in [2.24, 2.45) is 0 Å². The quantitative estimate of drug-likeness (QED) is 0.704. The first-order chi connectivity index (χ1) is 13.0. The van der Waals surface area contributed by atoms with Crippen LogP contribution >= 0.6 is 23.5 Å². The van der Waals surface area contributed by atoms with Gasteiger partial charge >= 0.3 is 0 Å². The van der Waals surface area contributed by atoms with Crippen LogP contribution in [0.1, 0.15) is 51.9 Å². The van der Waals surface area contributed by atoms with E-state index < -0.39 is 17.5 Å². The Morgan fingerprint density at radius 2 is 1.89 bits per heavy atom. The molecular formula is C20H32O5S2. The third-order valence-corrected chi connectivity index (χ3v) is 9.78. The van der Waals surface area contributed by atoms with E-state index >= 15 is 0 Å². The van der Waals surface area contributed by atoms with Crippen LogP contribution in [-0.2, 0) is 18.9 Å². The Morgan fingerprint density at radius 1 is 1.15 bits per heavy atom. The summed E-state index contributed by atoms with van der Waals surface area (Å²) < 4.78 is 24.0. The molecule has 0 aromatic carbocycles. The van der Waals surface area contributed by atoms with Gasteiger partial charge < -0.3 is 24.1 Å². The number of hydrogen-bond donors (Lipinski definition) is 1. The predicted octanol–water partition coefficient (Wildman–Crippen LogP) is 3.70. The Labute approximate surface area is 170 Å². The van der Waals surface area contributed by atoms with Crippen molar-refractivity contribution < 1.29 is 24.1 Å². The molecule has 0 amide bonds. The van der Waals surface area contributed by atoms with Crippen LogP contribution < -0.4 is 0 Å². The van der Waals surface area contributed by atoms with E-state index in [-0.39, 0.29) is 10.4 Å². The van der Waals surface area contributed by atoms with Gasteiger partial charge in [0.15, 0.2) is 12.1 Å². The third-order valence-electron chi connectivity index (χ3n) is 6.32. The lowest BCUT2D eigenvalue weighted by molar-refractivity contribution is -0.271. The molecular weight excluding hydrogens is 384 g/mol. The maximum atomic E-state index is 11.2. The summed E-state index contributed by atoms with van der Waals surface area (Å²) in [5, 5.41) is 11.2. The highest BCUT2D eigenvalue weighted by Gasteiger charge is 2.53. The van der Waals surface area contributed by atoms with E-state index in [1.54, 1.807) is 7.11 Å². The average Bonchev–Trinajstić information content (AvgIpc) is 2.71. The van der Waals surface area contributed by atoms with Gasteiger partial charge in [-0.05, 0) is 56.1 Å². The van der Waals surface area contributed by atoms with Gasteiger partial charge in [0.2, 0.25) is 0 Å². The topological polar surface area (TPSA) is 57.2 Å². The highest BCUT2D eigenvalue weighted by Crippen LogP contribution is 2.54. The molecule has 154 valence electrons. The Kier molecular flexibility index (Phi) is 6.20. The first-order valence-corrected chi connectivity index (χ1v) is 12.1. The van der Waals surface area contributed by atoms with E-state index in [0.29, 0.717) is 6.42 Å². The van der Waals surface area contributed by atoms with Crippen LogP contribution in [0.15, 0.2) is 11.6 Å². The summed E-state index contributed by atoms with van der Waals surface area (Å²) >= 11 is 3.93. The number of rotatable bonds is 3. The van der Waals surface area contributed by atoms with Crippen molar-refractivity contribution in [3.05, 3.63) is 11.6 Å². The van der Waals surface area contributed by atoms with Gasteiger partial charge in [-0.25, -0.2) is 0 Å². The van der Waals surface area contributed by atoms with E-state index in [1.165, 1.54) is 6.42 Å². The Morgan fingerprint density at radius 3 is 2.52 bits per heavy atom. The van der Waals surface area contributed by atoms with Crippen molar-refractivity contribution in [1.82, 2.24) is 0 Å². The summed E-state index contributed by atoms with van der Waals surface area (Å²) in [6, 6.07) is 0. The molecule has 3 heterocycles. The summed E-state index contributed by atoms with van der Waals surface area (Å²) in [7, 11) is 1.72. The molecule has 7 heteroatoms. The minimum absolute atomic E-state index is 0.0268. The third kappa shape index (κ3) is 3.98. The van der Waals surface area contributed by atoms with Gasteiger partial charge in [-0.1, -0.05) is 6.08 Å². The molecule has 2 spiro atoms. The Balaban J connectivity index is 1.44. The average molecular weight is 417 g/mol. The van der Waals surface area contributed by atoms with Crippen molar-refractivity contribution in [2.45, 2.75) is 79.7 Å². The van der Waals surface area contributed by atoms with Crippen molar-refractivity contribution in [3.8, 4) is 0 Å². The highest BCUT2D eigenvalue weighted by atomic mass is 32.2. The van der Waals surface area contributed by atoms with Crippen LogP contribution in [-0.4, -0.2) is 64.8 Å². The molecule has 5 nitrogen and oxygen atoms in total. The number of thioether (sulfide) groups is 2. The van der Waals surface area contributed by atoms with E-state index in [4.69, 9.17) is 18.9 Å².